The molecule has 1 aromatic heterocycles. The van der Waals surface area contributed by atoms with Crippen LogP contribution in [0.2, 0.25) is 0 Å². The fraction of sp³-hybridized carbons (Fsp3) is 0.0909. The van der Waals surface area contributed by atoms with Gasteiger partial charge in [0.2, 0.25) is 0 Å². The molecule has 0 unspecified atom stereocenters. The van der Waals surface area contributed by atoms with Crippen LogP contribution in [0.25, 0.3) is 0 Å². The van der Waals surface area contributed by atoms with Crippen molar-refractivity contribution in [1.29, 1.82) is 0 Å². The van der Waals surface area contributed by atoms with E-state index in [9.17, 15) is 13.5 Å². The van der Waals surface area contributed by atoms with Crippen molar-refractivity contribution in [3.8, 4) is 5.75 Å². The van der Waals surface area contributed by atoms with Gasteiger partial charge in [-0.05, 0) is 47.1 Å². The summed E-state index contributed by atoms with van der Waals surface area (Å²) in [5, 5.41) is 9.53. The van der Waals surface area contributed by atoms with Crippen LogP contribution in [-0.2, 0) is 10.0 Å². The molecular weight excluding hydrogens is 338 g/mol. The van der Waals surface area contributed by atoms with Gasteiger partial charge in [-0.15, -0.1) is 11.3 Å². The van der Waals surface area contributed by atoms with Crippen molar-refractivity contribution in [1.82, 2.24) is 0 Å². The van der Waals surface area contributed by atoms with E-state index in [1.165, 1.54) is 12.1 Å². The number of benzene rings is 1. The molecule has 0 spiro atoms. The zero-order valence-electron chi connectivity index (χ0n) is 9.34. The number of phenolic OH excluding ortho intramolecular Hbond substituents is 1. The smallest absolute Gasteiger partial charge is 0.271 e. The Morgan fingerprint density at radius 2 is 2.00 bits per heavy atom. The number of hydrogen-bond acceptors (Lipinski definition) is 4. The van der Waals surface area contributed by atoms with Crippen LogP contribution < -0.4 is 4.72 Å². The van der Waals surface area contributed by atoms with Crippen molar-refractivity contribution >= 4 is 43.0 Å². The van der Waals surface area contributed by atoms with Crippen LogP contribution >= 0.6 is 27.3 Å². The lowest BCUT2D eigenvalue weighted by Gasteiger charge is -2.09. The quantitative estimate of drug-likeness (QED) is 0.894. The average molecular weight is 348 g/mol. The summed E-state index contributed by atoms with van der Waals surface area (Å²) in [5.74, 6) is 0.0579. The lowest BCUT2D eigenvalue weighted by Crippen LogP contribution is -2.12. The summed E-state index contributed by atoms with van der Waals surface area (Å²) in [6, 6.07) is 7.90. The number of hydrogen-bond donors (Lipinski definition) is 2. The van der Waals surface area contributed by atoms with Crippen LogP contribution in [0.1, 0.15) is 5.56 Å². The van der Waals surface area contributed by atoms with Gasteiger partial charge in [-0.2, -0.15) is 0 Å². The van der Waals surface area contributed by atoms with Gasteiger partial charge in [0.1, 0.15) is 9.96 Å². The predicted molar refractivity (Wildman–Crippen MR) is 75.7 cm³/mol. The molecule has 96 valence electrons. The van der Waals surface area contributed by atoms with Gasteiger partial charge < -0.3 is 5.11 Å². The van der Waals surface area contributed by atoms with Crippen molar-refractivity contribution in [3.63, 3.8) is 0 Å². The van der Waals surface area contributed by atoms with Crippen LogP contribution in [0, 0.1) is 6.92 Å². The highest BCUT2D eigenvalue weighted by atomic mass is 79.9. The minimum atomic E-state index is -3.60. The van der Waals surface area contributed by atoms with Crippen molar-refractivity contribution in [3.05, 3.63) is 39.7 Å². The Bertz CT molecular complexity index is 679. The number of anilines is 1. The molecule has 0 aliphatic rings. The molecule has 1 aromatic carbocycles. The lowest BCUT2D eigenvalue weighted by molar-refractivity contribution is 0.471. The van der Waals surface area contributed by atoms with Crippen molar-refractivity contribution in [2.45, 2.75) is 11.1 Å². The summed E-state index contributed by atoms with van der Waals surface area (Å²) in [7, 11) is -3.60. The molecule has 1 heterocycles. The van der Waals surface area contributed by atoms with E-state index in [0.717, 1.165) is 15.1 Å². The Hall–Kier alpha value is -1.05. The molecule has 7 heteroatoms. The first-order valence-electron chi connectivity index (χ1n) is 4.97. The highest BCUT2D eigenvalue weighted by Gasteiger charge is 2.18. The second-order valence-corrected chi connectivity index (χ2v) is 7.99. The van der Waals surface area contributed by atoms with Gasteiger partial charge in [0, 0.05) is 5.56 Å². The third-order valence-electron chi connectivity index (χ3n) is 2.36. The van der Waals surface area contributed by atoms with Crippen LogP contribution in [0.3, 0.4) is 0 Å². The zero-order valence-corrected chi connectivity index (χ0v) is 12.6. The molecule has 0 aliphatic heterocycles. The van der Waals surface area contributed by atoms with E-state index in [4.69, 9.17) is 0 Å². The van der Waals surface area contributed by atoms with Gasteiger partial charge in [0.05, 0.1) is 9.47 Å². The van der Waals surface area contributed by atoms with E-state index in [1.54, 1.807) is 25.1 Å². The van der Waals surface area contributed by atoms with Gasteiger partial charge in [0.15, 0.2) is 0 Å². The second-order valence-electron chi connectivity index (χ2n) is 3.61. The standard InChI is InChI=1S/C11H10BrNO3S2/c1-7-8(3-2-4-9(7)14)13-18(15,16)11-6-5-10(12)17-11/h2-6,13-14H,1H3. The largest absolute Gasteiger partial charge is 0.508 e. The molecular formula is C11H10BrNO3S2. The maximum atomic E-state index is 12.1. The van der Waals surface area contributed by atoms with Gasteiger partial charge >= 0.3 is 0 Å². The highest BCUT2D eigenvalue weighted by Crippen LogP contribution is 2.30. The fourth-order valence-electron chi connectivity index (χ4n) is 1.37. The van der Waals surface area contributed by atoms with Crippen LogP contribution in [0.4, 0.5) is 5.69 Å². The lowest BCUT2D eigenvalue weighted by atomic mass is 10.2. The summed E-state index contributed by atoms with van der Waals surface area (Å²) >= 11 is 4.35. The Morgan fingerprint density at radius 1 is 1.28 bits per heavy atom. The number of phenols is 1. The fourth-order valence-corrected chi connectivity index (χ4v) is 4.50. The van der Waals surface area contributed by atoms with E-state index in [1.807, 2.05) is 0 Å². The van der Waals surface area contributed by atoms with E-state index < -0.39 is 10.0 Å². The van der Waals surface area contributed by atoms with Crippen molar-refractivity contribution < 1.29 is 13.5 Å². The van der Waals surface area contributed by atoms with Gasteiger partial charge in [-0.25, -0.2) is 8.42 Å². The number of nitrogens with one attached hydrogen (secondary N) is 1. The number of sulfonamides is 1. The van der Waals surface area contributed by atoms with E-state index >= 15 is 0 Å². The minimum absolute atomic E-state index is 0.0579. The van der Waals surface area contributed by atoms with E-state index in [-0.39, 0.29) is 9.96 Å². The molecule has 0 saturated heterocycles. The maximum absolute atomic E-state index is 12.1. The molecule has 18 heavy (non-hydrogen) atoms. The summed E-state index contributed by atoms with van der Waals surface area (Å²) in [4.78, 5) is 0. The number of rotatable bonds is 3. The van der Waals surface area contributed by atoms with Crippen molar-refractivity contribution in [2.75, 3.05) is 4.72 Å². The summed E-state index contributed by atoms with van der Waals surface area (Å²) in [6.45, 7) is 1.65. The van der Waals surface area contributed by atoms with E-state index in [2.05, 4.69) is 20.7 Å². The first-order chi connectivity index (χ1) is 8.40. The van der Waals surface area contributed by atoms with Gasteiger partial charge in [0.25, 0.3) is 10.0 Å². The molecule has 2 rings (SSSR count). The number of halogens is 1. The van der Waals surface area contributed by atoms with Crippen LogP contribution in [0.15, 0.2) is 38.3 Å². The molecule has 0 aliphatic carbocycles. The Balaban J connectivity index is 2.37. The molecule has 4 nitrogen and oxygen atoms in total. The number of aromatic hydroxyl groups is 1. The molecule has 0 radical (unpaired) electrons. The molecule has 0 fully saturated rings. The second kappa shape index (κ2) is 4.91. The highest BCUT2D eigenvalue weighted by molar-refractivity contribution is 9.11. The average Bonchev–Trinajstić information content (AvgIpc) is 2.72. The van der Waals surface area contributed by atoms with Crippen LogP contribution in [-0.4, -0.2) is 13.5 Å². The molecule has 0 atom stereocenters. The Kier molecular flexibility index (Phi) is 3.65. The minimum Gasteiger partial charge on any atom is -0.508 e. The molecule has 2 aromatic rings. The third-order valence-corrected chi connectivity index (χ3v) is 5.84. The first-order valence-corrected chi connectivity index (χ1v) is 8.06. The van der Waals surface area contributed by atoms with Crippen LogP contribution in [0.5, 0.6) is 5.75 Å². The van der Waals surface area contributed by atoms with Gasteiger partial charge in [-0.3, -0.25) is 4.72 Å². The monoisotopic (exact) mass is 347 g/mol. The van der Waals surface area contributed by atoms with Gasteiger partial charge in [-0.1, -0.05) is 6.07 Å². The van der Waals surface area contributed by atoms with Crippen molar-refractivity contribution in [2.24, 2.45) is 0 Å². The SMILES string of the molecule is Cc1c(O)cccc1NS(=O)(=O)c1ccc(Br)s1. The normalized spacial score (nSPS) is 11.4. The number of thiophene rings is 1. The summed E-state index contributed by atoms with van der Waals surface area (Å²) < 4.78 is 27.6. The molecule has 0 amide bonds. The zero-order chi connectivity index (χ0) is 13.3. The Morgan fingerprint density at radius 3 is 2.61 bits per heavy atom. The summed E-state index contributed by atoms with van der Waals surface area (Å²) in [5.41, 5.74) is 0.871. The molecule has 0 bridgehead atoms. The topological polar surface area (TPSA) is 66.4 Å². The predicted octanol–water partition coefficient (Wildman–Crippen LogP) is 3.33. The summed E-state index contributed by atoms with van der Waals surface area (Å²) in [6.07, 6.45) is 0. The molecule has 2 N–H and O–H groups in total. The third kappa shape index (κ3) is 2.68. The first kappa shape index (κ1) is 13.4. The van der Waals surface area contributed by atoms with E-state index in [0.29, 0.717) is 11.3 Å². The Labute approximate surface area is 117 Å². The maximum Gasteiger partial charge on any atom is 0.271 e. The molecule has 0 saturated carbocycles.